The Morgan fingerprint density at radius 2 is 1.04 bits per heavy atom. The van der Waals surface area contributed by atoms with Gasteiger partial charge in [-0.1, -0.05) is 36.4 Å². The molecule has 8 N–H and O–H groups in total. The molecular formula is C18H20N2O6. The number of aliphatic carboxylic acids is 2. The Kier molecular flexibility index (Phi) is 5.20. The lowest BCUT2D eigenvalue weighted by Gasteiger charge is -2.31. The minimum Gasteiger partial charge on any atom is -0.508 e. The van der Waals surface area contributed by atoms with Crippen LogP contribution >= 0.6 is 0 Å². The molecule has 8 nitrogen and oxygen atoms in total. The minimum absolute atomic E-state index is 0.0578. The number of para-hydroxylation sites is 2. The van der Waals surface area contributed by atoms with Gasteiger partial charge in [0, 0.05) is 11.1 Å². The Morgan fingerprint density at radius 3 is 1.31 bits per heavy atom. The summed E-state index contributed by atoms with van der Waals surface area (Å²) < 4.78 is 0. The number of phenolic OH excluding ortho intramolecular Hbond substituents is 2. The fourth-order valence-corrected chi connectivity index (χ4v) is 2.81. The summed E-state index contributed by atoms with van der Waals surface area (Å²) in [7, 11) is 0. The Balaban J connectivity index is 2.44. The van der Waals surface area contributed by atoms with Crippen LogP contribution in [0.1, 0.15) is 24.0 Å². The molecule has 0 heterocycles. The van der Waals surface area contributed by atoms with Gasteiger partial charge in [0.1, 0.15) is 22.6 Å². The molecule has 2 aromatic rings. The van der Waals surface area contributed by atoms with Crippen molar-refractivity contribution >= 4 is 11.9 Å². The van der Waals surface area contributed by atoms with E-state index in [1.165, 1.54) is 48.5 Å². The van der Waals surface area contributed by atoms with Gasteiger partial charge >= 0.3 is 11.9 Å². The third kappa shape index (κ3) is 3.32. The zero-order valence-electron chi connectivity index (χ0n) is 13.8. The maximum absolute atomic E-state index is 11.8. The molecule has 2 atom stereocenters. The second-order valence-electron chi connectivity index (χ2n) is 6.09. The van der Waals surface area contributed by atoms with E-state index in [0.29, 0.717) is 0 Å². The smallest absolute Gasteiger partial charge is 0.328 e. The summed E-state index contributed by atoms with van der Waals surface area (Å²) >= 11 is 0. The van der Waals surface area contributed by atoms with Crippen molar-refractivity contribution in [3.05, 3.63) is 59.7 Å². The van der Waals surface area contributed by atoms with Gasteiger partial charge in [-0.2, -0.15) is 0 Å². The molecule has 138 valence electrons. The van der Waals surface area contributed by atoms with Crippen molar-refractivity contribution < 1.29 is 30.0 Å². The van der Waals surface area contributed by atoms with Crippen molar-refractivity contribution in [2.45, 2.75) is 23.9 Å². The number of nitrogens with two attached hydrogens (primary N) is 2. The van der Waals surface area contributed by atoms with Crippen LogP contribution in [0, 0.1) is 0 Å². The average molecular weight is 360 g/mol. The summed E-state index contributed by atoms with van der Waals surface area (Å²) in [5.41, 5.74) is 7.80. The maximum Gasteiger partial charge on any atom is 0.328 e. The summed E-state index contributed by atoms with van der Waals surface area (Å²) in [5.74, 6) is -3.52. The van der Waals surface area contributed by atoms with E-state index in [0.717, 1.165) is 0 Å². The van der Waals surface area contributed by atoms with Gasteiger partial charge in [-0.05, 0) is 25.0 Å². The second-order valence-corrected chi connectivity index (χ2v) is 6.09. The second kappa shape index (κ2) is 7.03. The average Bonchev–Trinajstić information content (AvgIpc) is 2.59. The van der Waals surface area contributed by atoms with Gasteiger partial charge in [0.15, 0.2) is 0 Å². The van der Waals surface area contributed by atoms with Gasteiger partial charge in [-0.15, -0.1) is 0 Å². The molecule has 0 aromatic heterocycles. The molecule has 0 spiro atoms. The van der Waals surface area contributed by atoms with E-state index < -0.39 is 35.9 Å². The lowest BCUT2D eigenvalue weighted by molar-refractivity contribution is -0.147. The van der Waals surface area contributed by atoms with E-state index in [1.54, 1.807) is 0 Å². The monoisotopic (exact) mass is 360 g/mol. The normalized spacial score (nSPS) is 15.6. The van der Waals surface area contributed by atoms with Crippen LogP contribution in [0.4, 0.5) is 0 Å². The molecule has 0 amide bonds. The number of rotatable bonds is 7. The van der Waals surface area contributed by atoms with Crippen LogP contribution in [0.25, 0.3) is 0 Å². The highest BCUT2D eigenvalue weighted by Gasteiger charge is 2.44. The summed E-state index contributed by atoms with van der Waals surface area (Å²) in [5, 5.41) is 39.1. The van der Waals surface area contributed by atoms with E-state index in [9.17, 15) is 30.0 Å². The fourth-order valence-electron chi connectivity index (χ4n) is 2.81. The Morgan fingerprint density at radius 1 is 0.731 bits per heavy atom. The highest BCUT2D eigenvalue weighted by Crippen LogP contribution is 2.37. The first-order chi connectivity index (χ1) is 12.1. The molecular weight excluding hydrogens is 340 g/mol. The lowest BCUT2D eigenvalue weighted by atomic mass is 9.78. The van der Waals surface area contributed by atoms with Crippen LogP contribution in [-0.4, -0.2) is 32.4 Å². The van der Waals surface area contributed by atoms with Crippen molar-refractivity contribution in [3.8, 4) is 11.5 Å². The first kappa shape index (κ1) is 19.2. The third-order valence-electron chi connectivity index (χ3n) is 4.45. The zero-order valence-corrected chi connectivity index (χ0v) is 13.8. The van der Waals surface area contributed by atoms with Crippen LogP contribution in [0.3, 0.4) is 0 Å². The van der Waals surface area contributed by atoms with Gasteiger partial charge in [-0.25, -0.2) is 9.59 Å². The molecule has 0 radical (unpaired) electrons. The summed E-state index contributed by atoms with van der Waals surface area (Å²) in [6.45, 7) is 0. The SMILES string of the molecule is N[C@](CC[C@@](N)(C(=O)O)c1ccccc1O)(C(=O)O)c1ccccc1O. The van der Waals surface area contributed by atoms with Gasteiger partial charge < -0.3 is 31.9 Å². The highest BCUT2D eigenvalue weighted by atomic mass is 16.4. The van der Waals surface area contributed by atoms with Crippen molar-refractivity contribution in [1.82, 2.24) is 0 Å². The first-order valence-corrected chi connectivity index (χ1v) is 7.74. The molecule has 0 aliphatic heterocycles. The van der Waals surface area contributed by atoms with Crippen LogP contribution in [0.2, 0.25) is 0 Å². The number of hydrogen-bond acceptors (Lipinski definition) is 6. The fraction of sp³-hybridized carbons (Fsp3) is 0.222. The summed E-state index contributed by atoms with van der Waals surface area (Å²) in [4.78, 5) is 23.6. The molecule has 8 heteroatoms. The van der Waals surface area contributed by atoms with Crippen molar-refractivity contribution in [1.29, 1.82) is 0 Å². The van der Waals surface area contributed by atoms with Crippen molar-refractivity contribution in [3.63, 3.8) is 0 Å². The van der Waals surface area contributed by atoms with Crippen LogP contribution < -0.4 is 11.5 Å². The van der Waals surface area contributed by atoms with Crippen LogP contribution in [-0.2, 0) is 20.7 Å². The Hall–Kier alpha value is -3.10. The number of carboxylic acids is 2. The molecule has 0 bridgehead atoms. The predicted octanol–water partition coefficient (Wildman–Crippen LogP) is 1.06. The van der Waals surface area contributed by atoms with Crippen molar-refractivity contribution in [2.75, 3.05) is 0 Å². The van der Waals surface area contributed by atoms with Gasteiger partial charge in [0.25, 0.3) is 0 Å². The standard InChI is InChI=1S/C18H20N2O6/c19-17(15(23)24,11-5-1-3-7-13(11)21)9-10-18(20,16(25)26)12-6-2-4-8-14(12)22/h1-8,21-22H,9-10,19-20H2,(H,23,24)(H,25,26)/t17-,18-/m0/s1. The van der Waals surface area contributed by atoms with Crippen molar-refractivity contribution in [2.24, 2.45) is 11.5 Å². The number of phenols is 2. The number of benzene rings is 2. The van der Waals surface area contributed by atoms with Crippen LogP contribution in [0.15, 0.2) is 48.5 Å². The highest BCUT2D eigenvalue weighted by molar-refractivity contribution is 5.83. The molecule has 0 unspecified atom stereocenters. The summed E-state index contributed by atoms with van der Waals surface area (Å²) in [6, 6.07) is 11.3. The molecule has 26 heavy (non-hydrogen) atoms. The number of hydrogen-bond donors (Lipinski definition) is 6. The van der Waals surface area contributed by atoms with E-state index >= 15 is 0 Å². The van der Waals surface area contributed by atoms with E-state index in [4.69, 9.17) is 11.5 Å². The van der Waals surface area contributed by atoms with E-state index in [1.807, 2.05) is 0 Å². The van der Waals surface area contributed by atoms with Gasteiger partial charge in [0.05, 0.1) is 0 Å². The molecule has 0 saturated carbocycles. The predicted molar refractivity (Wildman–Crippen MR) is 92.5 cm³/mol. The molecule has 2 aromatic carbocycles. The number of aromatic hydroxyl groups is 2. The summed E-state index contributed by atoms with van der Waals surface area (Å²) in [6.07, 6.45) is -0.784. The minimum atomic E-state index is -2.06. The maximum atomic E-state index is 11.8. The molecule has 0 saturated heterocycles. The lowest BCUT2D eigenvalue weighted by Crippen LogP contribution is -2.50. The zero-order chi connectivity index (χ0) is 19.5. The Bertz CT molecular complexity index is 770. The topological polar surface area (TPSA) is 167 Å². The first-order valence-electron chi connectivity index (χ1n) is 7.74. The third-order valence-corrected chi connectivity index (χ3v) is 4.45. The number of carbonyl (C=O) groups is 2. The van der Waals surface area contributed by atoms with Crippen LogP contribution in [0.5, 0.6) is 11.5 Å². The van der Waals surface area contributed by atoms with Gasteiger partial charge in [0.2, 0.25) is 0 Å². The molecule has 2 rings (SSSR count). The number of carboxylic acid groups (broad SMARTS) is 2. The molecule has 0 fully saturated rings. The molecule has 0 aliphatic carbocycles. The Labute approximate surface area is 149 Å². The quantitative estimate of drug-likeness (QED) is 0.426. The largest absolute Gasteiger partial charge is 0.508 e. The van der Waals surface area contributed by atoms with E-state index in [2.05, 4.69) is 0 Å². The van der Waals surface area contributed by atoms with Gasteiger partial charge in [-0.3, -0.25) is 0 Å². The molecule has 0 aliphatic rings. The van der Waals surface area contributed by atoms with E-state index in [-0.39, 0.29) is 22.6 Å².